The largest absolute Gasteiger partial charge is 0.378 e. The third-order valence-electron chi connectivity index (χ3n) is 9.31. The van der Waals surface area contributed by atoms with Gasteiger partial charge in [0, 0.05) is 69.7 Å². The average molecular weight is 606 g/mol. The highest BCUT2D eigenvalue weighted by Gasteiger charge is 2.29. The molecule has 1 aromatic heterocycles. The first-order chi connectivity index (χ1) is 19.9. The molecule has 6 nitrogen and oxygen atoms in total. The van der Waals surface area contributed by atoms with Gasteiger partial charge in [0.15, 0.2) is 0 Å². The van der Waals surface area contributed by atoms with Crippen LogP contribution in [0.2, 0.25) is 0 Å². The molecule has 250 valence electrons. The number of rotatable bonds is 4. The van der Waals surface area contributed by atoms with Crippen LogP contribution in [-0.4, -0.2) is 109 Å². The van der Waals surface area contributed by atoms with Crippen LogP contribution in [0, 0.1) is 0 Å². The number of nitrogens with zero attached hydrogens (tertiary/aromatic N) is 5. The van der Waals surface area contributed by atoms with Crippen LogP contribution in [0.4, 0.5) is 10.2 Å². The molecule has 0 aromatic carbocycles. The van der Waals surface area contributed by atoms with Gasteiger partial charge >= 0.3 is 0 Å². The summed E-state index contributed by atoms with van der Waals surface area (Å²) in [5.74, 6) is 1.76. The molecule has 43 heavy (non-hydrogen) atoms. The lowest BCUT2D eigenvalue weighted by Gasteiger charge is -2.41. The van der Waals surface area contributed by atoms with E-state index in [1.165, 1.54) is 57.4 Å². The minimum Gasteiger partial charge on any atom is -0.378 e. The number of hydrogen-bond donors (Lipinski definition) is 0. The fourth-order valence-corrected chi connectivity index (χ4v) is 6.26. The number of likely N-dealkylation sites (tertiary alicyclic amines) is 3. The van der Waals surface area contributed by atoms with Crippen molar-refractivity contribution in [2.24, 2.45) is 0 Å². The maximum atomic E-state index is 12.7. The number of alkyl halides is 1. The van der Waals surface area contributed by atoms with Crippen LogP contribution in [0.25, 0.3) is 0 Å². The number of anilines is 1. The van der Waals surface area contributed by atoms with Gasteiger partial charge in [0.25, 0.3) is 0 Å². The predicted octanol–water partition coefficient (Wildman–Crippen LogP) is 7.63. The van der Waals surface area contributed by atoms with E-state index in [0.29, 0.717) is 23.1 Å². The first-order valence-corrected chi connectivity index (χ1v) is 17.1. The van der Waals surface area contributed by atoms with Crippen LogP contribution in [0.1, 0.15) is 119 Å². The van der Waals surface area contributed by atoms with Crippen molar-refractivity contribution in [2.75, 3.05) is 64.9 Å². The van der Waals surface area contributed by atoms with Crippen molar-refractivity contribution in [3.05, 3.63) is 23.9 Å². The van der Waals surface area contributed by atoms with Crippen molar-refractivity contribution in [2.45, 2.75) is 143 Å². The highest BCUT2D eigenvalue weighted by molar-refractivity contribution is 5.40. The van der Waals surface area contributed by atoms with E-state index in [2.05, 4.69) is 106 Å². The Kier molecular flexibility index (Phi) is 14.9. The van der Waals surface area contributed by atoms with Gasteiger partial charge in [-0.1, -0.05) is 0 Å². The zero-order valence-corrected chi connectivity index (χ0v) is 30.2. The van der Waals surface area contributed by atoms with E-state index in [1.54, 1.807) is 0 Å². The van der Waals surface area contributed by atoms with Crippen molar-refractivity contribution >= 4 is 5.82 Å². The molecule has 7 heteroatoms. The average Bonchev–Trinajstić information content (AvgIpc) is 2.93. The molecule has 4 heterocycles. The van der Waals surface area contributed by atoms with E-state index in [-0.39, 0.29) is 5.54 Å². The van der Waals surface area contributed by atoms with Crippen LogP contribution >= 0.6 is 0 Å². The number of halogens is 1. The monoisotopic (exact) mass is 606 g/mol. The lowest BCUT2D eigenvalue weighted by molar-refractivity contribution is -0.00775. The molecule has 0 saturated carbocycles. The molecule has 3 aliphatic heterocycles. The summed E-state index contributed by atoms with van der Waals surface area (Å²) in [4.78, 5) is 14.0. The summed E-state index contributed by atoms with van der Waals surface area (Å²) in [6.07, 6.45) is 8.27. The van der Waals surface area contributed by atoms with Gasteiger partial charge in [-0.3, -0.25) is 14.7 Å². The second kappa shape index (κ2) is 16.9. The van der Waals surface area contributed by atoms with Crippen LogP contribution in [0.3, 0.4) is 0 Å². The molecule has 3 fully saturated rings. The number of pyridine rings is 1. The zero-order chi connectivity index (χ0) is 32.4. The summed E-state index contributed by atoms with van der Waals surface area (Å²) in [6.45, 7) is 29.9. The number of piperidine rings is 3. The lowest BCUT2D eigenvalue weighted by atomic mass is 9.88. The maximum absolute atomic E-state index is 12.7. The Bertz CT molecular complexity index is 895. The summed E-state index contributed by atoms with van der Waals surface area (Å²) in [5, 5.41) is 0. The molecule has 3 aliphatic rings. The van der Waals surface area contributed by atoms with Gasteiger partial charge in [-0.25, -0.2) is 9.37 Å². The Balaban J connectivity index is 0.000000236. The number of aromatic nitrogens is 1. The molecule has 0 unspecified atom stereocenters. The van der Waals surface area contributed by atoms with E-state index in [4.69, 9.17) is 4.74 Å². The third kappa shape index (κ3) is 13.3. The number of ether oxygens (including phenoxy) is 1. The van der Waals surface area contributed by atoms with E-state index < -0.39 is 6.17 Å². The molecule has 0 atom stereocenters. The van der Waals surface area contributed by atoms with E-state index >= 15 is 0 Å². The fraction of sp³-hybridized carbons (Fsp3) is 0.861. The second-order valence-corrected chi connectivity index (χ2v) is 15.9. The summed E-state index contributed by atoms with van der Waals surface area (Å²) < 4.78 is 18.3. The fourth-order valence-electron chi connectivity index (χ4n) is 6.26. The molecule has 0 bridgehead atoms. The van der Waals surface area contributed by atoms with E-state index in [1.807, 2.05) is 20.3 Å². The second-order valence-electron chi connectivity index (χ2n) is 15.9. The molecule has 4 rings (SSSR count). The van der Waals surface area contributed by atoms with Crippen molar-refractivity contribution in [1.29, 1.82) is 0 Å². The first-order valence-electron chi connectivity index (χ1n) is 17.1. The first kappa shape index (κ1) is 37.9. The SMILES string of the molecule is CC(C)(C)N1CCC(F)CC1.CCOC1CCN(C(C)(C)C)CC1.CN(C)c1cc(C2CCN(C(C)(C)C)CC2)ccn1. The van der Waals surface area contributed by atoms with Gasteiger partial charge in [-0.2, -0.15) is 0 Å². The topological polar surface area (TPSA) is 35.1 Å². The molecule has 0 amide bonds. The van der Waals surface area contributed by atoms with Gasteiger partial charge in [-0.05, 0) is 144 Å². The molecular formula is C36H68FN5O. The van der Waals surface area contributed by atoms with Crippen LogP contribution in [0.5, 0.6) is 0 Å². The molecule has 3 saturated heterocycles. The Morgan fingerprint density at radius 3 is 1.56 bits per heavy atom. The Hall–Kier alpha value is -1.28. The summed E-state index contributed by atoms with van der Waals surface area (Å²) >= 11 is 0. The van der Waals surface area contributed by atoms with Crippen molar-refractivity contribution < 1.29 is 9.13 Å². The van der Waals surface area contributed by atoms with Crippen molar-refractivity contribution in [1.82, 2.24) is 19.7 Å². The molecule has 0 radical (unpaired) electrons. The smallest absolute Gasteiger partial charge is 0.128 e. The molecule has 0 aliphatic carbocycles. The van der Waals surface area contributed by atoms with Crippen molar-refractivity contribution in [3.63, 3.8) is 0 Å². The highest BCUT2D eigenvalue weighted by atomic mass is 19.1. The Morgan fingerprint density at radius 1 is 0.744 bits per heavy atom. The van der Waals surface area contributed by atoms with E-state index in [9.17, 15) is 4.39 Å². The van der Waals surface area contributed by atoms with Crippen LogP contribution in [-0.2, 0) is 4.74 Å². The predicted molar refractivity (Wildman–Crippen MR) is 183 cm³/mol. The van der Waals surface area contributed by atoms with Gasteiger partial charge in [0.05, 0.1) is 6.10 Å². The standard InChI is InChI=1S/C16H27N3.C11H23NO.C9H18FN/c1-16(2,3)19-10-7-13(8-11-19)14-6-9-17-15(12-14)18(4)5;1-5-13-10-6-8-12(9-7-10)11(2,3)4;1-9(2,3)11-6-4-8(10)5-7-11/h6,9,12-13H,7-8,10-11H2,1-5H3;10H,5-9H2,1-4H3;8H,4-7H2,1-3H3. The Morgan fingerprint density at radius 2 is 1.16 bits per heavy atom. The molecular weight excluding hydrogens is 537 g/mol. The van der Waals surface area contributed by atoms with E-state index in [0.717, 1.165) is 38.4 Å². The lowest BCUT2D eigenvalue weighted by Crippen LogP contribution is -2.47. The number of hydrogen-bond acceptors (Lipinski definition) is 6. The van der Waals surface area contributed by atoms with Gasteiger partial charge < -0.3 is 9.64 Å². The van der Waals surface area contributed by atoms with Crippen molar-refractivity contribution in [3.8, 4) is 0 Å². The maximum Gasteiger partial charge on any atom is 0.128 e. The summed E-state index contributed by atoms with van der Waals surface area (Å²) in [6, 6.07) is 4.43. The minimum atomic E-state index is -0.548. The van der Waals surface area contributed by atoms with Gasteiger partial charge in [-0.15, -0.1) is 0 Å². The van der Waals surface area contributed by atoms with Gasteiger partial charge in [0.2, 0.25) is 0 Å². The Labute approximate surface area is 265 Å². The quantitative estimate of drug-likeness (QED) is 0.351. The summed E-state index contributed by atoms with van der Waals surface area (Å²) in [5.41, 5.74) is 2.31. The minimum absolute atomic E-state index is 0.222. The molecule has 0 spiro atoms. The third-order valence-corrected chi connectivity index (χ3v) is 9.31. The summed E-state index contributed by atoms with van der Waals surface area (Å²) in [7, 11) is 4.10. The molecule has 1 aromatic rings. The zero-order valence-electron chi connectivity index (χ0n) is 30.2. The van der Waals surface area contributed by atoms with Crippen LogP contribution in [0.15, 0.2) is 18.3 Å². The van der Waals surface area contributed by atoms with Crippen LogP contribution < -0.4 is 4.90 Å². The molecule has 0 N–H and O–H groups in total. The normalized spacial score (nSPS) is 21.0. The van der Waals surface area contributed by atoms with Gasteiger partial charge in [0.1, 0.15) is 12.0 Å². The highest BCUT2D eigenvalue weighted by Crippen LogP contribution is 2.32.